The molecule has 0 fully saturated rings. The van der Waals surface area contributed by atoms with E-state index < -0.39 is 17.6 Å². The molecule has 23 heavy (non-hydrogen) atoms. The Morgan fingerprint density at radius 2 is 2.00 bits per heavy atom. The highest BCUT2D eigenvalue weighted by atomic mass is 79.9. The maximum absolute atomic E-state index is 12.9. The summed E-state index contributed by atoms with van der Waals surface area (Å²) in [4.78, 5) is 13.7. The summed E-state index contributed by atoms with van der Waals surface area (Å²) >= 11 is 9.05. The van der Waals surface area contributed by atoms with E-state index in [0.29, 0.717) is 17.8 Å². The van der Waals surface area contributed by atoms with Gasteiger partial charge >= 0.3 is 6.18 Å². The number of nitrogens with zero attached hydrogens (tertiary/aromatic N) is 4. The van der Waals surface area contributed by atoms with Crippen LogP contribution in [0.4, 0.5) is 13.2 Å². The summed E-state index contributed by atoms with van der Waals surface area (Å²) in [5.74, 6) is -0.255. The lowest BCUT2D eigenvalue weighted by molar-refractivity contribution is -0.137. The Bertz CT molecular complexity index is 777. The third-order valence-corrected chi connectivity index (χ3v) is 4.56. The summed E-state index contributed by atoms with van der Waals surface area (Å²) in [6.45, 7) is 0.756. The first-order valence-electron chi connectivity index (χ1n) is 6.51. The van der Waals surface area contributed by atoms with Gasteiger partial charge in [-0.1, -0.05) is 23.7 Å². The predicted octanol–water partition coefficient (Wildman–Crippen LogP) is 3.37. The molecule has 0 saturated heterocycles. The van der Waals surface area contributed by atoms with Crippen LogP contribution in [0.2, 0.25) is 5.02 Å². The molecular formula is C13H9BrClF3N4O. The number of amides is 1. The van der Waals surface area contributed by atoms with Crippen molar-refractivity contribution in [2.45, 2.75) is 19.3 Å². The first-order valence-corrected chi connectivity index (χ1v) is 7.68. The number of fused-ring (bicyclic) bond motifs is 1. The molecule has 1 aliphatic heterocycles. The zero-order valence-corrected chi connectivity index (χ0v) is 13.8. The fourth-order valence-corrected chi connectivity index (χ4v) is 3.10. The maximum atomic E-state index is 12.9. The summed E-state index contributed by atoms with van der Waals surface area (Å²) < 4.78 is 40.7. The molecule has 5 nitrogen and oxygen atoms in total. The van der Waals surface area contributed by atoms with E-state index in [1.165, 1.54) is 17.0 Å². The number of alkyl halides is 3. The van der Waals surface area contributed by atoms with Crippen LogP contribution in [-0.2, 0) is 19.3 Å². The van der Waals surface area contributed by atoms with Gasteiger partial charge in [-0.05, 0) is 27.6 Å². The third-order valence-electron chi connectivity index (χ3n) is 3.52. The van der Waals surface area contributed by atoms with Gasteiger partial charge in [0.1, 0.15) is 0 Å². The van der Waals surface area contributed by atoms with E-state index in [1.807, 2.05) is 0 Å². The molecule has 1 amide bonds. The average Bonchev–Trinajstić information content (AvgIpc) is 2.85. The highest BCUT2D eigenvalue weighted by Crippen LogP contribution is 2.36. The predicted molar refractivity (Wildman–Crippen MR) is 78.9 cm³/mol. The van der Waals surface area contributed by atoms with Crippen LogP contribution in [0.25, 0.3) is 0 Å². The van der Waals surface area contributed by atoms with E-state index >= 15 is 0 Å². The van der Waals surface area contributed by atoms with Gasteiger partial charge in [0.05, 0.1) is 10.6 Å². The molecule has 0 bridgehead atoms. The van der Waals surface area contributed by atoms with E-state index in [4.69, 9.17) is 11.6 Å². The number of rotatable bonds is 2. The molecule has 122 valence electrons. The third kappa shape index (κ3) is 2.94. The van der Waals surface area contributed by atoms with E-state index in [-0.39, 0.29) is 23.0 Å². The van der Waals surface area contributed by atoms with Crippen molar-refractivity contribution in [2.24, 2.45) is 0 Å². The van der Waals surface area contributed by atoms with Crippen LogP contribution < -0.4 is 0 Å². The second-order valence-corrected chi connectivity index (χ2v) is 6.03. The van der Waals surface area contributed by atoms with Crippen LogP contribution in [-0.4, -0.2) is 32.1 Å². The Kier molecular flexibility index (Phi) is 4.09. The van der Waals surface area contributed by atoms with Gasteiger partial charge in [0.15, 0.2) is 0 Å². The Balaban J connectivity index is 1.88. The second kappa shape index (κ2) is 5.79. The summed E-state index contributed by atoms with van der Waals surface area (Å²) in [7, 11) is 0. The van der Waals surface area contributed by atoms with Crippen LogP contribution >= 0.6 is 27.5 Å². The quantitative estimate of drug-likeness (QED) is 0.764. The van der Waals surface area contributed by atoms with Crippen LogP contribution in [0, 0.1) is 0 Å². The lowest BCUT2D eigenvalue weighted by Gasteiger charge is -2.27. The SMILES string of the molecule is O=C1c2nnc(Br)n2CCN1Cc1cccc(C(F)(F)F)c1Cl. The molecule has 1 aliphatic rings. The topological polar surface area (TPSA) is 51.0 Å². The van der Waals surface area contributed by atoms with Gasteiger partial charge in [0.2, 0.25) is 10.6 Å². The van der Waals surface area contributed by atoms with Crippen molar-refractivity contribution in [1.29, 1.82) is 0 Å². The van der Waals surface area contributed by atoms with Gasteiger partial charge in [-0.2, -0.15) is 13.2 Å². The molecule has 1 aromatic carbocycles. The summed E-state index contributed by atoms with van der Waals surface area (Å²) in [6, 6.07) is 3.66. The first-order chi connectivity index (χ1) is 10.8. The highest BCUT2D eigenvalue weighted by molar-refractivity contribution is 9.10. The van der Waals surface area contributed by atoms with Crippen molar-refractivity contribution in [1.82, 2.24) is 19.7 Å². The number of benzene rings is 1. The first kappa shape index (κ1) is 16.3. The van der Waals surface area contributed by atoms with E-state index in [0.717, 1.165) is 6.07 Å². The van der Waals surface area contributed by atoms with Crippen LogP contribution in [0.5, 0.6) is 0 Å². The fourth-order valence-electron chi connectivity index (χ4n) is 2.38. The number of carbonyl (C=O) groups is 1. The Hall–Kier alpha value is -1.61. The molecule has 0 N–H and O–H groups in total. The van der Waals surface area contributed by atoms with Crippen molar-refractivity contribution in [3.63, 3.8) is 0 Å². The lowest BCUT2D eigenvalue weighted by atomic mass is 10.1. The second-order valence-electron chi connectivity index (χ2n) is 4.95. The number of halogens is 5. The molecule has 0 spiro atoms. The molecule has 0 unspecified atom stereocenters. The zero-order valence-electron chi connectivity index (χ0n) is 11.4. The van der Waals surface area contributed by atoms with Crippen LogP contribution in [0.3, 0.4) is 0 Å². The van der Waals surface area contributed by atoms with E-state index in [2.05, 4.69) is 26.1 Å². The van der Waals surface area contributed by atoms with Crippen molar-refractivity contribution in [2.75, 3.05) is 6.54 Å². The molecule has 2 heterocycles. The van der Waals surface area contributed by atoms with E-state index in [9.17, 15) is 18.0 Å². The van der Waals surface area contributed by atoms with Crippen molar-refractivity contribution < 1.29 is 18.0 Å². The maximum Gasteiger partial charge on any atom is 0.417 e. The lowest BCUT2D eigenvalue weighted by Crippen LogP contribution is -2.40. The molecular weight excluding hydrogens is 401 g/mol. The molecule has 1 aromatic heterocycles. The largest absolute Gasteiger partial charge is 0.417 e. The standard InChI is InChI=1S/C13H9BrClF3N4O/c14-12-20-19-10-11(23)21(4-5-22(10)12)6-7-2-1-3-8(9(7)15)13(16,17)18/h1-3H,4-6H2. The average molecular weight is 410 g/mol. The Labute approximate surface area is 142 Å². The van der Waals surface area contributed by atoms with Crippen LogP contribution in [0.1, 0.15) is 21.7 Å². The molecule has 0 saturated carbocycles. The molecule has 0 radical (unpaired) electrons. The van der Waals surface area contributed by atoms with Crippen molar-refractivity contribution >= 4 is 33.4 Å². The van der Waals surface area contributed by atoms with Gasteiger partial charge in [-0.3, -0.25) is 9.36 Å². The summed E-state index contributed by atoms with van der Waals surface area (Å²) in [5, 5.41) is 7.14. The normalized spacial score (nSPS) is 15.0. The molecule has 3 rings (SSSR count). The fraction of sp³-hybridized carbons (Fsp3) is 0.308. The Morgan fingerprint density at radius 3 is 2.70 bits per heavy atom. The summed E-state index contributed by atoms with van der Waals surface area (Å²) in [5.41, 5.74) is -0.672. The van der Waals surface area contributed by atoms with Gasteiger partial charge < -0.3 is 4.90 Å². The van der Waals surface area contributed by atoms with Crippen molar-refractivity contribution in [3.05, 3.63) is 44.9 Å². The van der Waals surface area contributed by atoms with Gasteiger partial charge in [-0.15, -0.1) is 10.2 Å². The molecule has 10 heteroatoms. The molecule has 0 atom stereocenters. The van der Waals surface area contributed by atoms with Gasteiger partial charge in [0.25, 0.3) is 5.91 Å². The zero-order chi connectivity index (χ0) is 16.8. The number of hydrogen-bond donors (Lipinski definition) is 0. The smallest absolute Gasteiger partial charge is 0.330 e. The number of aromatic nitrogens is 3. The minimum atomic E-state index is -4.54. The number of carbonyl (C=O) groups excluding carboxylic acids is 1. The van der Waals surface area contributed by atoms with Gasteiger partial charge in [-0.25, -0.2) is 0 Å². The minimum absolute atomic E-state index is 0.0218. The van der Waals surface area contributed by atoms with Gasteiger partial charge in [0, 0.05) is 19.6 Å². The minimum Gasteiger partial charge on any atom is -0.330 e. The van der Waals surface area contributed by atoms with E-state index in [1.54, 1.807) is 4.57 Å². The Morgan fingerprint density at radius 1 is 1.26 bits per heavy atom. The highest BCUT2D eigenvalue weighted by Gasteiger charge is 2.35. The molecule has 2 aromatic rings. The van der Waals surface area contributed by atoms with Crippen LogP contribution in [0.15, 0.2) is 22.9 Å². The van der Waals surface area contributed by atoms with Crippen molar-refractivity contribution in [3.8, 4) is 0 Å². The molecule has 0 aliphatic carbocycles. The number of hydrogen-bond acceptors (Lipinski definition) is 3. The monoisotopic (exact) mass is 408 g/mol. The summed E-state index contributed by atoms with van der Waals surface area (Å²) in [6.07, 6.45) is -4.54.